The van der Waals surface area contributed by atoms with Gasteiger partial charge in [-0.3, -0.25) is 9.59 Å². The molecule has 0 aromatic heterocycles. The van der Waals surface area contributed by atoms with Crippen molar-refractivity contribution < 1.29 is 14.0 Å². The molecule has 2 amide bonds. The lowest BCUT2D eigenvalue weighted by atomic mass is 10.2. The molecule has 0 radical (unpaired) electrons. The summed E-state index contributed by atoms with van der Waals surface area (Å²) < 4.78 is 12.5. The average Bonchev–Trinajstić information content (AvgIpc) is 2.29. The van der Waals surface area contributed by atoms with Crippen LogP contribution in [0, 0.1) is 5.92 Å². The summed E-state index contributed by atoms with van der Waals surface area (Å²) in [7, 11) is 0. The van der Waals surface area contributed by atoms with E-state index < -0.39 is 11.5 Å². The van der Waals surface area contributed by atoms with E-state index in [1.165, 1.54) is 6.07 Å². The summed E-state index contributed by atoms with van der Waals surface area (Å²) >= 11 is 5.00. The quantitative estimate of drug-likeness (QED) is 0.828. The number of nitrogens with one attached hydrogen (secondary N) is 2. The van der Waals surface area contributed by atoms with E-state index in [0.717, 1.165) is 0 Å². The van der Waals surface area contributed by atoms with Crippen LogP contribution in [0.1, 0.15) is 13.8 Å². The van der Waals surface area contributed by atoms with Crippen LogP contribution < -0.4 is 10.6 Å². The van der Waals surface area contributed by atoms with E-state index >= 15 is 0 Å². The van der Waals surface area contributed by atoms with Gasteiger partial charge in [-0.1, -0.05) is 31.5 Å². The molecule has 1 rings (SSSR count). The van der Waals surface area contributed by atoms with E-state index in [1.54, 1.807) is 32.0 Å². The Hall–Kier alpha value is -1.62. The van der Waals surface area contributed by atoms with Crippen LogP contribution in [-0.2, 0) is 9.59 Å². The highest BCUT2D eigenvalue weighted by Gasteiger charge is 2.13. The second-order valence-electron chi connectivity index (χ2n) is 4.01. The van der Waals surface area contributed by atoms with Crippen LogP contribution in [0.4, 0.5) is 15.8 Å². The van der Waals surface area contributed by atoms with Crippen molar-refractivity contribution in [3.63, 3.8) is 0 Å². The summed E-state index contributed by atoms with van der Waals surface area (Å²) in [6.07, 6.45) is 0. The lowest BCUT2D eigenvalue weighted by Gasteiger charge is -2.10. The lowest BCUT2D eigenvalue weighted by Crippen LogP contribution is -2.20. The van der Waals surface area contributed by atoms with Crippen LogP contribution in [0.5, 0.6) is 0 Å². The first-order valence-corrected chi connectivity index (χ1v) is 5.83. The molecule has 0 aliphatic rings. The molecule has 0 heterocycles. The number of alkyl halides is 2. The van der Waals surface area contributed by atoms with Crippen molar-refractivity contribution in [3.05, 3.63) is 24.3 Å². The fraction of sp³-hybridized carbons (Fsp3) is 0.333. The standard InChI is InChI=1S/C12H14ClFN2O2/c1-7(2)11(17)15-8-4-3-5-9(6-8)16-12(18)10(13)14/h3-7,10H,1-2H3,(H,15,17)(H,16,18). The molecule has 4 nitrogen and oxygen atoms in total. The Morgan fingerprint density at radius 1 is 1.17 bits per heavy atom. The van der Waals surface area contributed by atoms with Crippen molar-refractivity contribution >= 4 is 34.8 Å². The summed E-state index contributed by atoms with van der Waals surface area (Å²) in [5, 5.41) is 4.95. The van der Waals surface area contributed by atoms with Crippen LogP contribution in [-0.4, -0.2) is 17.4 Å². The first-order valence-electron chi connectivity index (χ1n) is 5.40. The van der Waals surface area contributed by atoms with Crippen LogP contribution in [0.15, 0.2) is 24.3 Å². The van der Waals surface area contributed by atoms with E-state index in [-0.39, 0.29) is 11.8 Å². The van der Waals surface area contributed by atoms with Gasteiger partial charge in [0.25, 0.3) is 11.5 Å². The van der Waals surface area contributed by atoms with Crippen molar-refractivity contribution in [3.8, 4) is 0 Å². The number of hydrogen-bond acceptors (Lipinski definition) is 2. The number of rotatable bonds is 4. The summed E-state index contributed by atoms with van der Waals surface area (Å²) in [5.74, 6) is -1.23. The Kier molecular flexibility index (Phi) is 5.09. The monoisotopic (exact) mass is 272 g/mol. The van der Waals surface area contributed by atoms with Gasteiger partial charge in [0.05, 0.1) is 0 Å². The molecule has 0 bridgehead atoms. The third kappa shape index (κ3) is 4.33. The highest BCUT2D eigenvalue weighted by atomic mass is 35.5. The first-order chi connectivity index (χ1) is 8.40. The number of benzene rings is 1. The van der Waals surface area contributed by atoms with Gasteiger partial charge in [-0.15, -0.1) is 0 Å². The van der Waals surface area contributed by atoms with E-state index in [1.807, 2.05) is 0 Å². The highest BCUT2D eigenvalue weighted by Crippen LogP contribution is 2.16. The Bertz CT molecular complexity index is 412. The maximum Gasteiger partial charge on any atom is 0.274 e. The summed E-state index contributed by atoms with van der Waals surface area (Å²) in [6, 6.07) is 6.40. The van der Waals surface area contributed by atoms with Crippen LogP contribution in [0.3, 0.4) is 0 Å². The van der Waals surface area contributed by atoms with E-state index in [2.05, 4.69) is 10.6 Å². The maximum atomic E-state index is 12.5. The fourth-order valence-electron chi connectivity index (χ4n) is 1.16. The normalized spacial score (nSPS) is 12.1. The van der Waals surface area contributed by atoms with Gasteiger partial charge in [0.1, 0.15) is 0 Å². The maximum absolute atomic E-state index is 12.5. The van der Waals surface area contributed by atoms with Gasteiger partial charge >= 0.3 is 0 Å². The van der Waals surface area contributed by atoms with Crippen molar-refractivity contribution in [2.75, 3.05) is 10.6 Å². The molecule has 1 aromatic rings. The first kappa shape index (κ1) is 14.4. The number of halogens is 2. The number of carbonyl (C=O) groups is 2. The molecule has 0 saturated carbocycles. The number of carbonyl (C=O) groups excluding carboxylic acids is 2. The topological polar surface area (TPSA) is 58.2 Å². The minimum absolute atomic E-state index is 0.140. The minimum atomic E-state index is -2.10. The van der Waals surface area contributed by atoms with Gasteiger partial charge in [-0.05, 0) is 18.2 Å². The van der Waals surface area contributed by atoms with Crippen molar-refractivity contribution in [2.24, 2.45) is 5.92 Å². The second kappa shape index (κ2) is 6.35. The smallest absolute Gasteiger partial charge is 0.274 e. The molecule has 6 heteroatoms. The van der Waals surface area contributed by atoms with Gasteiger partial charge in [0, 0.05) is 17.3 Å². The van der Waals surface area contributed by atoms with Gasteiger partial charge in [-0.2, -0.15) is 0 Å². The Morgan fingerprint density at radius 2 is 1.67 bits per heavy atom. The number of hydrogen-bond donors (Lipinski definition) is 2. The third-order valence-corrected chi connectivity index (χ3v) is 2.32. The van der Waals surface area contributed by atoms with E-state index in [0.29, 0.717) is 11.4 Å². The zero-order valence-corrected chi connectivity index (χ0v) is 10.8. The molecule has 0 fully saturated rings. The van der Waals surface area contributed by atoms with E-state index in [4.69, 9.17) is 11.6 Å². The fourth-order valence-corrected chi connectivity index (χ4v) is 1.21. The molecule has 1 atom stereocenters. The Morgan fingerprint density at radius 3 is 2.11 bits per heavy atom. The largest absolute Gasteiger partial charge is 0.326 e. The average molecular weight is 273 g/mol. The molecule has 0 aliphatic heterocycles. The lowest BCUT2D eigenvalue weighted by molar-refractivity contribution is -0.119. The molecule has 0 saturated heterocycles. The van der Waals surface area contributed by atoms with Crippen molar-refractivity contribution in [1.29, 1.82) is 0 Å². The number of anilines is 2. The third-order valence-electron chi connectivity index (χ3n) is 2.12. The molecular weight excluding hydrogens is 259 g/mol. The molecule has 0 spiro atoms. The summed E-state index contributed by atoms with van der Waals surface area (Å²) in [4.78, 5) is 22.5. The summed E-state index contributed by atoms with van der Waals surface area (Å²) in [6.45, 7) is 3.53. The summed E-state index contributed by atoms with van der Waals surface area (Å²) in [5.41, 5.74) is -1.21. The van der Waals surface area contributed by atoms with E-state index in [9.17, 15) is 14.0 Å². The molecule has 98 valence electrons. The van der Waals surface area contributed by atoms with Crippen molar-refractivity contribution in [1.82, 2.24) is 0 Å². The Labute approximate surface area is 110 Å². The predicted molar refractivity (Wildman–Crippen MR) is 69.3 cm³/mol. The minimum Gasteiger partial charge on any atom is -0.326 e. The zero-order chi connectivity index (χ0) is 13.7. The Balaban J connectivity index is 2.74. The van der Waals surface area contributed by atoms with Crippen molar-refractivity contribution in [2.45, 2.75) is 19.5 Å². The predicted octanol–water partition coefficient (Wildman–Crippen LogP) is 2.75. The van der Waals surface area contributed by atoms with Gasteiger partial charge < -0.3 is 10.6 Å². The van der Waals surface area contributed by atoms with Crippen LogP contribution in [0.2, 0.25) is 0 Å². The van der Waals surface area contributed by atoms with Gasteiger partial charge in [0.2, 0.25) is 5.91 Å². The molecule has 18 heavy (non-hydrogen) atoms. The van der Waals surface area contributed by atoms with Crippen LogP contribution in [0.25, 0.3) is 0 Å². The van der Waals surface area contributed by atoms with Gasteiger partial charge in [0.15, 0.2) is 0 Å². The highest BCUT2D eigenvalue weighted by molar-refractivity contribution is 6.31. The SMILES string of the molecule is CC(C)C(=O)Nc1cccc(NC(=O)C(F)Cl)c1. The molecule has 2 N–H and O–H groups in total. The van der Waals surface area contributed by atoms with Crippen LogP contribution >= 0.6 is 11.6 Å². The zero-order valence-electron chi connectivity index (χ0n) is 10.0. The second-order valence-corrected chi connectivity index (χ2v) is 4.40. The molecular formula is C12H14ClFN2O2. The molecule has 1 unspecified atom stereocenters. The number of amides is 2. The molecule has 0 aliphatic carbocycles. The molecule has 1 aromatic carbocycles. The van der Waals surface area contributed by atoms with Gasteiger partial charge in [-0.25, -0.2) is 4.39 Å².